The van der Waals surface area contributed by atoms with E-state index in [2.05, 4.69) is 33.6 Å². The minimum atomic E-state index is -0.223. The fourth-order valence-corrected chi connectivity index (χ4v) is 4.27. The highest BCUT2D eigenvalue weighted by molar-refractivity contribution is 5.86. The van der Waals surface area contributed by atoms with Gasteiger partial charge in [-0.2, -0.15) is 10.4 Å². The number of anilines is 1. The number of halogens is 2. The lowest BCUT2D eigenvalue weighted by Crippen LogP contribution is -2.56. The molecule has 1 aliphatic heterocycles. The van der Waals surface area contributed by atoms with Gasteiger partial charge in [0.1, 0.15) is 17.6 Å². The lowest BCUT2D eigenvalue weighted by Gasteiger charge is -2.41. The van der Waals surface area contributed by atoms with Gasteiger partial charge in [-0.3, -0.25) is 4.79 Å². The largest absolute Gasteiger partial charge is 0.492 e. The predicted molar refractivity (Wildman–Crippen MR) is 145 cm³/mol. The number of fused-ring (bicyclic) bond motifs is 1. The molecule has 36 heavy (non-hydrogen) atoms. The summed E-state index contributed by atoms with van der Waals surface area (Å²) in [6.45, 7) is 8.05. The molecule has 1 saturated heterocycles. The second kappa shape index (κ2) is 12.3. The van der Waals surface area contributed by atoms with Gasteiger partial charge in [-0.05, 0) is 58.9 Å². The molecule has 0 aliphatic carbocycles. The van der Waals surface area contributed by atoms with Gasteiger partial charge >= 0.3 is 0 Å². The van der Waals surface area contributed by atoms with Gasteiger partial charge in [0, 0.05) is 36.0 Å². The summed E-state index contributed by atoms with van der Waals surface area (Å²) in [5.41, 5.74) is 2.77. The van der Waals surface area contributed by atoms with E-state index >= 15 is 0 Å². The summed E-state index contributed by atoms with van der Waals surface area (Å²) in [5, 5.41) is 20.0. The van der Waals surface area contributed by atoms with Crippen molar-refractivity contribution < 1.29 is 9.53 Å². The van der Waals surface area contributed by atoms with Gasteiger partial charge in [-0.25, -0.2) is 9.50 Å². The van der Waals surface area contributed by atoms with E-state index in [-0.39, 0.29) is 42.3 Å². The van der Waals surface area contributed by atoms with Crippen molar-refractivity contribution in [3.63, 3.8) is 0 Å². The number of nitrogens with zero attached hydrogens (tertiary/aromatic N) is 5. The van der Waals surface area contributed by atoms with Crippen LogP contribution in [0.4, 0.5) is 5.82 Å². The molecule has 9 nitrogen and oxygen atoms in total. The van der Waals surface area contributed by atoms with Crippen molar-refractivity contribution in [1.29, 1.82) is 5.26 Å². The van der Waals surface area contributed by atoms with Crippen molar-refractivity contribution >= 4 is 42.1 Å². The molecule has 1 atom stereocenters. The number of carbonyl (C=O) groups is 1. The summed E-state index contributed by atoms with van der Waals surface area (Å²) in [6, 6.07) is 7.96. The van der Waals surface area contributed by atoms with Crippen LogP contribution in [-0.4, -0.2) is 58.8 Å². The van der Waals surface area contributed by atoms with E-state index in [9.17, 15) is 10.1 Å². The molecular formula is C25H33Cl2N7O2. The summed E-state index contributed by atoms with van der Waals surface area (Å²) >= 11 is 0. The molecule has 0 saturated carbocycles. The quantitative estimate of drug-likeness (QED) is 0.477. The van der Waals surface area contributed by atoms with Crippen LogP contribution in [0.3, 0.4) is 0 Å². The maximum Gasteiger partial charge on any atom is 0.237 e. The molecule has 11 heteroatoms. The molecule has 1 amide bonds. The van der Waals surface area contributed by atoms with Gasteiger partial charge in [0.25, 0.3) is 0 Å². The average molecular weight is 534 g/mol. The van der Waals surface area contributed by atoms with Crippen molar-refractivity contribution in [2.45, 2.75) is 45.2 Å². The fourth-order valence-electron chi connectivity index (χ4n) is 4.27. The third-order valence-electron chi connectivity index (χ3n) is 6.52. The third-order valence-corrected chi connectivity index (χ3v) is 6.52. The number of carbonyl (C=O) groups excluding carboxylic acids is 1. The van der Waals surface area contributed by atoms with Gasteiger partial charge in [0.15, 0.2) is 0 Å². The van der Waals surface area contributed by atoms with Crippen LogP contribution in [0, 0.1) is 11.3 Å². The lowest BCUT2D eigenvalue weighted by atomic mass is 9.89. The number of pyridine rings is 2. The zero-order chi connectivity index (χ0) is 24.3. The second-order valence-corrected chi connectivity index (χ2v) is 8.94. The zero-order valence-corrected chi connectivity index (χ0v) is 22.6. The smallest absolute Gasteiger partial charge is 0.237 e. The van der Waals surface area contributed by atoms with Gasteiger partial charge in [0.05, 0.1) is 36.1 Å². The SMILES string of the molecule is CCOc1cc(-c2ccc(N3CCC(C)(NC(=O)C(C)NC)CC3)nc2)c2c(C#N)cnn2c1.Cl.Cl. The van der Waals surface area contributed by atoms with E-state index in [1.54, 1.807) is 24.0 Å². The molecule has 0 radical (unpaired) electrons. The van der Waals surface area contributed by atoms with E-state index < -0.39 is 0 Å². The first-order valence-corrected chi connectivity index (χ1v) is 11.6. The van der Waals surface area contributed by atoms with Crippen molar-refractivity contribution in [2.75, 3.05) is 31.6 Å². The van der Waals surface area contributed by atoms with Crippen LogP contribution in [0.25, 0.3) is 16.6 Å². The van der Waals surface area contributed by atoms with E-state index in [1.807, 2.05) is 38.2 Å². The Balaban J connectivity index is 0.00000228. The van der Waals surface area contributed by atoms with Crippen LogP contribution in [0.15, 0.2) is 36.8 Å². The minimum Gasteiger partial charge on any atom is -0.492 e. The number of likely N-dealkylation sites (N-methyl/N-ethyl adjacent to an activating group) is 1. The van der Waals surface area contributed by atoms with Crippen LogP contribution in [-0.2, 0) is 4.79 Å². The Labute approximate surface area is 224 Å². The molecule has 2 N–H and O–H groups in total. The van der Waals surface area contributed by atoms with Gasteiger partial charge in [0.2, 0.25) is 5.91 Å². The molecule has 1 unspecified atom stereocenters. The van der Waals surface area contributed by atoms with Crippen molar-refractivity contribution in [3.05, 3.63) is 42.4 Å². The van der Waals surface area contributed by atoms with E-state index in [4.69, 9.17) is 9.72 Å². The third kappa shape index (κ3) is 6.01. The normalized spacial score (nSPS) is 15.2. The molecule has 1 fully saturated rings. The Hall–Kier alpha value is -3.06. The van der Waals surface area contributed by atoms with E-state index in [0.29, 0.717) is 17.9 Å². The maximum atomic E-state index is 12.3. The Kier molecular flexibility index (Phi) is 9.93. The standard InChI is InChI=1S/C25H31N7O2.2ClH/c1-5-34-20-12-21(23-19(13-26)15-29-32(23)16-20)18-6-7-22(28-14-18)31-10-8-25(3,9-11-31)30-24(33)17(2)27-4;;/h6-7,12,14-17,27H,5,8-11H2,1-4H3,(H,30,33);2*1H. The van der Waals surface area contributed by atoms with Crippen molar-refractivity contribution in [2.24, 2.45) is 0 Å². The van der Waals surface area contributed by atoms with E-state index in [0.717, 1.165) is 48.4 Å². The summed E-state index contributed by atoms with van der Waals surface area (Å²) in [7, 11) is 1.79. The second-order valence-electron chi connectivity index (χ2n) is 8.94. The number of hydrogen-bond acceptors (Lipinski definition) is 7. The van der Waals surface area contributed by atoms with Crippen molar-refractivity contribution in [3.8, 4) is 22.9 Å². The molecule has 0 bridgehead atoms. The Morgan fingerprint density at radius 3 is 2.58 bits per heavy atom. The predicted octanol–water partition coefficient (Wildman–Crippen LogP) is 3.59. The van der Waals surface area contributed by atoms with Crippen LogP contribution < -0.4 is 20.3 Å². The topological polar surface area (TPSA) is 108 Å². The fraction of sp³-hybridized carbons (Fsp3) is 0.440. The van der Waals surface area contributed by atoms with Gasteiger partial charge < -0.3 is 20.3 Å². The highest BCUT2D eigenvalue weighted by Gasteiger charge is 2.32. The minimum absolute atomic E-state index is 0. The number of aromatic nitrogens is 3. The van der Waals surface area contributed by atoms with Crippen LogP contribution in [0.1, 0.15) is 39.2 Å². The first-order chi connectivity index (χ1) is 16.4. The highest BCUT2D eigenvalue weighted by atomic mass is 35.5. The Morgan fingerprint density at radius 1 is 1.28 bits per heavy atom. The summed E-state index contributed by atoms with van der Waals surface area (Å²) in [6.07, 6.45) is 6.87. The van der Waals surface area contributed by atoms with Crippen LogP contribution in [0.5, 0.6) is 5.75 Å². The highest BCUT2D eigenvalue weighted by Crippen LogP contribution is 2.32. The molecular weight excluding hydrogens is 501 g/mol. The number of hydrogen-bond donors (Lipinski definition) is 2. The monoisotopic (exact) mass is 533 g/mol. The van der Waals surface area contributed by atoms with Crippen molar-refractivity contribution in [1.82, 2.24) is 25.2 Å². The summed E-state index contributed by atoms with van der Waals surface area (Å²) < 4.78 is 7.38. The molecule has 0 spiro atoms. The number of ether oxygens (including phenoxy) is 1. The number of piperidine rings is 1. The Bertz CT molecular complexity index is 1220. The van der Waals surface area contributed by atoms with Crippen LogP contribution >= 0.6 is 24.8 Å². The molecule has 194 valence electrons. The molecule has 4 rings (SSSR count). The number of amides is 1. The van der Waals surface area contributed by atoms with E-state index in [1.165, 1.54) is 0 Å². The average Bonchev–Trinajstić information content (AvgIpc) is 3.27. The van der Waals surface area contributed by atoms with Crippen LogP contribution in [0.2, 0.25) is 0 Å². The molecule has 4 heterocycles. The maximum absolute atomic E-state index is 12.3. The lowest BCUT2D eigenvalue weighted by molar-refractivity contribution is -0.124. The first kappa shape index (κ1) is 29.2. The summed E-state index contributed by atoms with van der Waals surface area (Å²) in [5.74, 6) is 1.61. The molecule has 0 aromatic carbocycles. The number of nitriles is 1. The molecule has 3 aromatic heterocycles. The first-order valence-electron chi connectivity index (χ1n) is 11.6. The zero-order valence-electron chi connectivity index (χ0n) is 20.9. The number of nitrogens with one attached hydrogen (secondary N) is 2. The Morgan fingerprint density at radius 2 is 2.00 bits per heavy atom. The molecule has 1 aliphatic rings. The summed E-state index contributed by atoms with van der Waals surface area (Å²) in [4.78, 5) is 19.3. The van der Waals surface area contributed by atoms with Gasteiger partial charge in [-0.1, -0.05) is 0 Å². The number of rotatable bonds is 7. The molecule has 3 aromatic rings. The van der Waals surface area contributed by atoms with Gasteiger partial charge in [-0.15, -0.1) is 24.8 Å².